The van der Waals surface area contributed by atoms with Crippen molar-refractivity contribution in [2.24, 2.45) is 0 Å². The molecule has 0 atom stereocenters. The Morgan fingerprint density at radius 3 is 1.71 bits per heavy atom. The van der Waals surface area contributed by atoms with Crippen LogP contribution in [0.15, 0.2) is 0 Å². The van der Waals surface area contributed by atoms with Crippen molar-refractivity contribution in [2.75, 3.05) is 36.2 Å². The van der Waals surface area contributed by atoms with Crippen LogP contribution in [0.2, 0.25) is 0 Å². The van der Waals surface area contributed by atoms with Gasteiger partial charge in [0.25, 0.3) is 0 Å². The van der Waals surface area contributed by atoms with Gasteiger partial charge in [-0.1, -0.05) is 27.7 Å². The molecule has 0 amide bonds. The first-order valence-corrected chi connectivity index (χ1v) is 10.5. The zero-order valence-corrected chi connectivity index (χ0v) is 15.4. The normalized spacial score (nSPS) is 19.6. The summed E-state index contributed by atoms with van der Waals surface area (Å²) in [6, 6.07) is 0. The molecule has 0 N–H and O–H groups in total. The van der Waals surface area contributed by atoms with E-state index in [0.29, 0.717) is 5.78 Å². The molecule has 0 radical (unpaired) electrons. The molecular formula is C18H42AlLiO2S2. The fraction of sp³-hybridized carbons (Fsp3) is 0.944. The van der Waals surface area contributed by atoms with Crippen LogP contribution in [0.3, 0.4) is 0 Å². The Morgan fingerprint density at radius 2 is 1.21 bits per heavy atom. The average Bonchev–Trinajstić information content (AvgIpc) is 2.77. The average molecular weight is 389 g/mol. The second-order valence-corrected chi connectivity index (χ2v) is 7.80. The maximum atomic E-state index is 10.7. The van der Waals surface area contributed by atoms with Crippen molar-refractivity contribution in [2.45, 2.75) is 72.6 Å². The van der Waals surface area contributed by atoms with Crippen molar-refractivity contribution in [3.05, 3.63) is 0 Å². The monoisotopic (exact) mass is 388 g/mol. The van der Waals surface area contributed by atoms with Crippen molar-refractivity contribution in [1.29, 1.82) is 0 Å². The molecule has 0 spiro atoms. The second kappa shape index (κ2) is 26.7. The van der Waals surface area contributed by atoms with Gasteiger partial charge >= 0.3 is 18.9 Å². The van der Waals surface area contributed by atoms with Crippen molar-refractivity contribution in [3.8, 4) is 0 Å². The molecule has 0 aromatic carbocycles. The van der Waals surface area contributed by atoms with Crippen molar-refractivity contribution >= 4 is 46.7 Å². The van der Waals surface area contributed by atoms with Gasteiger partial charge in [0.2, 0.25) is 0 Å². The summed E-state index contributed by atoms with van der Waals surface area (Å²) >= 11 is 4.01. The molecule has 0 bridgehead atoms. The Bertz CT molecular complexity index is 212. The van der Waals surface area contributed by atoms with E-state index in [1.165, 1.54) is 55.8 Å². The number of ketones is 1. The van der Waals surface area contributed by atoms with E-state index in [9.17, 15) is 4.79 Å². The zero-order valence-electron chi connectivity index (χ0n) is 14.7. The molecule has 0 aromatic rings. The third kappa shape index (κ3) is 23.5. The number of carbonyl (C=O) groups excluding carboxylic acids is 1. The standard InChI is InChI=1S/C6H10OS.C6H12S.C4H8O.2CH4.Al.Li.4H/c7-6-2-1-4-8-5-3-6;1-2-4-6-7-5-3-1;1-2-4-5-3-1;;;;;;;;/h1-5H2;1-6H2;1-4H2;2*1H4;;;;;;/q;;;;;;+1;;;;-1. The van der Waals surface area contributed by atoms with Crippen LogP contribution >= 0.6 is 23.5 Å². The van der Waals surface area contributed by atoms with Crippen LogP contribution in [-0.4, -0.2) is 59.4 Å². The first kappa shape index (κ1) is 33.1. The van der Waals surface area contributed by atoms with Gasteiger partial charge in [-0.25, -0.2) is 0 Å². The summed E-state index contributed by atoms with van der Waals surface area (Å²) in [5.41, 5.74) is 0. The molecule has 3 saturated heterocycles. The Balaban J connectivity index is -0.0000000740. The first-order valence-electron chi connectivity index (χ1n) is 8.14. The Labute approximate surface area is 184 Å². The molecule has 0 aromatic heterocycles. The number of carbonyl (C=O) groups is 1. The molecule has 3 aliphatic rings. The van der Waals surface area contributed by atoms with E-state index in [4.69, 9.17) is 4.74 Å². The van der Waals surface area contributed by atoms with Crippen LogP contribution in [0.5, 0.6) is 0 Å². The molecule has 24 heavy (non-hydrogen) atoms. The van der Waals surface area contributed by atoms with Crippen molar-refractivity contribution in [3.63, 3.8) is 0 Å². The molecule has 3 fully saturated rings. The summed E-state index contributed by atoms with van der Waals surface area (Å²) in [6.45, 7) is 2.00. The minimum absolute atomic E-state index is 0. The third-order valence-electron chi connectivity index (χ3n) is 3.42. The first-order chi connectivity index (χ1) is 9.89. The summed E-state index contributed by atoms with van der Waals surface area (Å²) in [4.78, 5) is 10.7. The number of Topliss-reactive ketones (excluding diaryl/α,β-unsaturated/α-hetero) is 1. The molecule has 0 aliphatic carbocycles. The Kier molecular flexibility index (Phi) is 36.8. The van der Waals surface area contributed by atoms with Gasteiger partial charge in [0.15, 0.2) is 17.4 Å². The molecule has 2 nitrogen and oxygen atoms in total. The van der Waals surface area contributed by atoms with E-state index in [-0.39, 0.29) is 52.5 Å². The smallest absolute Gasteiger partial charge is 1.00 e. The molecule has 142 valence electrons. The molecule has 0 unspecified atom stereocenters. The molecule has 3 aliphatic heterocycles. The van der Waals surface area contributed by atoms with E-state index in [1.54, 1.807) is 0 Å². The van der Waals surface area contributed by atoms with E-state index >= 15 is 0 Å². The van der Waals surface area contributed by atoms with Gasteiger partial charge in [-0.2, -0.15) is 23.5 Å². The maximum absolute atomic E-state index is 10.7. The summed E-state index contributed by atoms with van der Waals surface area (Å²) < 4.78 is 4.94. The topological polar surface area (TPSA) is 26.3 Å². The Hall–Kier alpha value is 1.46. The van der Waals surface area contributed by atoms with Crippen molar-refractivity contribution in [1.82, 2.24) is 0 Å². The predicted octanol–water partition coefficient (Wildman–Crippen LogP) is 1.77. The molecule has 0 saturated carbocycles. The molecule has 3 heterocycles. The zero-order chi connectivity index (χ0) is 14.3. The van der Waals surface area contributed by atoms with Gasteiger partial charge in [0, 0.05) is 31.8 Å². The summed E-state index contributed by atoms with van der Waals surface area (Å²) in [5, 5.41) is 0. The number of hydrogen-bond donors (Lipinski definition) is 0. The molecule has 3 rings (SSSR count). The number of rotatable bonds is 0. The predicted molar refractivity (Wildman–Crippen MR) is 117 cm³/mol. The van der Waals surface area contributed by atoms with Crippen LogP contribution in [-0.2, 0) is 9.53 Å². The quantitative estimate of drug-likeness (QED) is 0.591. The number of thioether (sulfide) groups is 2. The van der Waals surface area contributed by atoms with Gasteiger partial charge in [-0.3, -0.25) is 4.79 Å². The van der Waals surface area contributed by atoms with Crippen LogP contribution < -0.4 is 18.9 Å². The summed E-state index contributed by atoms with van der Waals surface area (Å²) in [6.07, 6.45) is 11.2. The minimum Gasteiger partial charge on any atom is -1.00 e. The SMILES string of the molecule is C.C.C1CCCSCC1.C1CCOC1.O=C1CCCSCC1.[AlH3].[H-].[Li+]. The molecule has 6 heteroatoms. The maximum Gasteiger partial charge on any atom is 1.00 e. The van der Waals surface area contributed by atoms with Crippen LogP contribution in [0.1, 0.15) is 74.1 Å². The van der Waals surface area contributed by atoms with Crippen LogP contribution in [0.25, 0.3) is 0 Å². The van der Waals surface area contributed by atoms with Gasteiger partial charge in [-0.15, -0.1) is 0 Å². The van der Waals surface area contributed by atoms with E-state index in [2.05, 4.69) is 11.8 Å². The molecular weight excluding hydrogens is 346 g/mol. The largest absolute Gasteiger partial charge is 1.00 e. The minimum atomic E-state index is 0. The number of ether oxygens (including phenoxy) is 1. The summed E-state index contributed by atoms with van der Waals surface area (Å²) in [5.74, 6) is 5.53. The van der Waals surface area contributed by atoms with Crippen LogP contribution in [0, 0.1) is 0 Å². The van der Waals surface area contributed by atoms with Gasteiger partial charge < -0.3 is 6.16 Å². The fourth-order valence-corrected chi connectivity index (χ4v) is 4.10. The van der Waals surface area contributed by atoms with E-state index < -0.39 is 0 Å². The van der Waals surface area contributed by atoms with E-state index in [0.717, 1.165) is 38.2 Å². The van der Waals surface area contributed by atoms with Crippen LogP contribution in [0.4, 0.5) is 0 Å². The van der Waals surface area contributed by atoms with Gasteiger partial charge in [0.1, 0.15) is 5.78 Å². The Morgan fingerprint density at radius 1 is 0.708 bits per heavy atom. The fourth-order valence-electron chi connectivity index (χ4n) is 2.16. The third-order valence-corrected chi connectivity index (χ3v) is 5.65. The van der Waals surface area contributed by atoms with E-state index in [1.807, 2.05) is 11.8 Å². The van der Waals surface area contributed by atoms with Crippen molar-refractivity contribution < 1.29 is 29.8 Å². The number of hydrogen-bond acceptors (Lipinski definition) is 4. The van der Waals surface area contributed by atoms with Gasteiger partial charge in [-0.05, 0) is 49.4 Å². The summed E-state index contributed by atoms with van der Waals surface area (Å²) in [7, 11) is 0. The van der Waals surface area contributed by atoms with Gasteiger partial charge in [0.05, 0.1) is 0 Å². The second-order valence-electron chi connectivity index (χ2n) is 5.35.